The number of hydrogen-bond donors (Lipinski definition) is 0. The van der Waals surface area contributed by atoms with E-state index in [0.717, 1.165) is 12.0 Å². The van der Waals surface area contributed by atoms with Crippen LogP contribution in [0, 0.1) is 16.6 Å². The normalized spacial score (nSPS) is 14.7. The summed E-state index contributed by atoms with van der Waals surface area (Å²) in [4.78, 5) is 0. The first-order chi connectivity index (χ1) is 10.3. The lowest BCUT2D eigenvalue weighted by Gasteiger charge is -2.31. The summed E-state index contributed by atoms with van der Waals surface area (Å²) in [7, 11) is -3.14. The third kappa shape index (κ3) is 7.47. The fourth-order valence-electron chi connectivity index (χ4n) is 2.70. The lowest BCUT2D eigenvalue weighted by atomic mass is 9.78. The highest BCUT2D eigenvalue weighted by Gasteiger charge is 2.31. The number of rotatable bonds is 6. The summed E-state index contributed by atoms with van der Waals surface area (Å²) in [6.45, 7) is 12.5. The number of hydrogen-bond acceptors (Lipinski definition) is 2. The molecule has 0 N–H and O–H groups in total. The van der Waals surface area contributed by atoms with E-state index in [1.165, 1.54) is 12.1 Å². The van der Waals surface area contributed by atoms with Crippen molar-refractivity contribution < 1.29 is 12.8 Å². The first-order valence-electron chi connectivity index (χ1n) is 8.26. The standard InChI is InChI=1S/C19H31FO2S/c1-18(2,3)12-7-13-23(21,22)14-17(19(4,5)6)15-8-10-16(20)11-9-15/h8-11,17H,7,12-14H2,1-6H3. The second kappa shape index (κ2) is 7.33. The Labute approximate surface area is 141 Å². The van der Waals surface area contributed by atoms with Crippen molar-refractivity contribution in [3.8, 4) is 0 Å². The molecule has 1 aromatic carbocycles. The zero-order valence-electron chi connectivity index (χ0n) is 15.3. The van der Waals surface area contributed by atoms with E-state index in [0.29, 0.717) is 6.42 Å². The second-order valence-corrected chi connectivity index (χ2v) is 11.0. The fraction of sp³-hybridized carbons (Fsp3) is 0.684. The number of sulfone groups is 1. The van der Waals surface area contributed by atoms with Crippen molar-refractivity contribution in [1.82, 2.24) is 0 Å². The monoisotopic (exact) mass is 342 g/mol. The first kappa shape index (κ1) is 20.1. The van der Waals surface area contributed by atoms with Crippen LogP contribution in [0.15, 0.2) is 24.3 Å². The molecule has 2 nitrogen and oxygen atoms in total. The Bertz CT molecular complexity index is 590. The SMILES string of the molecule is CC(C)(C)CCCS(=O)(=O)CC(c1ccc(F)cc1)C(C)(C)C. The molecule has 0 bridgehead atoms. The van der Waals surface area contributed by atoms with Crippen LogP contribution in [0.2, 0.25) is 0 Å². The summed E-state index contributed by atoms with van der Waals surface area (Å²) < 4.78 is 38.2. The average Bonchev–Trinajstić information content (AvgIpc) is 2.34. The molecular formula is C19H31FO2S. The first-order valence-corrected chi connectivity index (χ1v) is 10.1. The molecule has 0 saturated carbocycles. The Kier molecular flexibility index (Phi) is 6.42. The third-order valence-electron chi connectivity index (χ3n) is 4.12. The largest absolute Gasteiger partial charge is 0.229 e. The molecule has 0 fully saturated rings. The minimum absolute atomic E-state index is 0.117. The zero-order chi connectivity index (χ0) is 17.9. The van der Waals surface area contributed by atoms with Crippen LogP contribution in [0.3, 0.4) is 0 Å². The topological polar surface area (TPSA) is 34.1 Å². The Morgan fingerprint density at radius 2 is 1.52 bits per heavy atom. The lowest BCUT2D eigenvalue weighted by Crippen LogP contribution is -2.28. The van der Waals surface area contributed by atoms with E-state index < -0.39 is 9.84 Å². The summed E-state index contributed by atoms with van der Waals surface area (Å²) in [5.74, 6) is -0.0955. The minimum atomic E-state index is -3.14. The van der Waals surface area contributed by atoms with Gasteiger partial charge in [-0.3, -0.25) is 0 Å². The van der Waals surface area contributed by atoms with Crippen molar-refractivity contribution in [1.29, 1.82) is 0 Å². The van der Waals surface area contributed by atoms with Crippen LogP contribution in [0.25, 0.3) is 0 Å². The average molecular weight is 343 g/mol. The van der Waals surface area contributed by atoms with Gasteiger partial charge in [0.25, 0.3) is 0 Å². The van der Waals surface area contributed by atoms with Gasteiger partial charge in [0.2, 0.25) is 0 Å². The predicted molar refractivity (Wildman–Crippen MR) is 95.9 cm³/mol. The van der Waals surface area contributed by atoms with Gasteiger partial charge >= 0.3 is 0 Å². The molecule has 1 unspecified atom stereocenters. The molecule has 23 heavy (non-hydrogen) atoms. The van der Waals surface area contributed by atoms with E-state index in [1.807, 2.05) is 20.8 Å². The quantitative estimate of drug-likeness (QED) is 0.712. The van der Waals surface area contributed by atoms with E-state index in [2.05, 4.69) is 20.8 Å². The van der Waals surface area contributed by atoms with Crippen LogP contribution in [0.4, 0.5) is 4.39 Å². The van der Waals surface area contributed by atoms with Crippen molar-refractivity contribution in [2.75, 3.05) is 11.5 Å². The molecule has 0 amide bonds. The second-order valence-electron chi connectivity index (χ2n) is 8.75. The van der Waals surface area contributed by atoms with Gasteiger partial charge in [-0.1, -0.05) is 53.7 Å². The Balaban J connectivity index is 2.87. The van der Waals surface area contributed by atoms with Crippen molar-refractivity contribution in [3.05, 3.63) is 35.6 Å². The summed E-state index contributed by atoms with van der Waals surface area (Å²) in [6, 6.07) is 6.21. The smallest absolute Gasteiger partial charge is 0.150 e. The molecule has 1 atom stereocenters. The molecule has 0 radical (unpaired) electrons. The molecule has 0 saturated heterocycles. The summed E-state index contributed by atoms with van der Waals surface area (Å²) in [5, 5.41) is 0. The molecular weight excluding hydrogens is 311 g/mol. The van der Waals surface area contributed by atoms with Crippen molar-refractivity contribution in [2.24, 2.45) is 10.8 Å². The highest BCUT2D eigenvalue weighted by Crippen LogP contribution is 2.36. The molecule has 0 aliphatic rings. The summed E-state index contributed by atoms with van der Waals surface area (Å²) in [6.07, 6.45) is 1.58. The maximum Gasteiger partial charge on any atom is 0.150 e. The summed E-state index contributed by atoms with van der Waals surface area (Å²) >= 11 is 0. The Morgan fingerprint density at radius 3 is 1.96 bits per heavy atom. The van der Waals surface area contributed by atoms with Gasteiger partial charge in [-0.15, -0.1) is 0 Å². The maximum absolute atomic E-state index is 13.1. The van der Waals surface area contributed by atoms with Crippen molar-refractivity contribution in [2.45, 2.75) is 60.3 Å². The van der Waals surface area contributed by atoms with Gasteiger partial charge in [-0.25, -0.2) is 12.8 Å². The van der Waals surface area contributed by atoms with Crippen molar-refractivity contribution >= 4 is 9.84 Å². The van der Waals surface area contributed by atoms with Crippen LogP contribution in [0.5, 0.6) is 0 Å². The van der Waals surface area contributed by atoms with Gasteiger partial charge in [-0.2, -0.15) is 0 Å². The Hall–Kier alpha value is -0.900. The van der Waals surface area contributed by atoms with Crippen LogP contribution in [0.1, 0.15) is 65.9 Å². The van der Waals surface area contributed by atoms with Crippen molar-refractivity contribution in [3.63, 3.8) is 0 Å². The van der Waals surface area contributed by atoms with Gasteiger partial charge in [0.15, 0.2) is 9.84 Å². The van der Waals surface area contributed by atoms with Crippen LogP contribution in [-0.2, 0) is 9.84 Å². The van der Waals surface area contributed by atoms with Gasteiger partial charge < -0.3 is 0 Å². The van der Waals surface area contributed by atoms with E-state index >= 15 is 0 Å². The zero-order valence-corrected chi connectivity index (χ0v) is 16.1. The predicted octanol–water partition coefficient (Wildman–Crippen LogP) is 5.20. The van der Waals surface area contributed by atoms with Gasteiger partial charge in [0.05, 0.1) is 11.5 Å². The Morgan fingerprint density at radius 1 is 1.00 bits per heavy atom. The molecule has 0 aliphatic heterocycles. The van der Waals surface area contributed by atoms with Gasteiger partial charge in [-0.05, 0) is 41.4 Å². The van der Waals surface area contributed by atoms with Gasteiger partial charge in [0.1, 0.15) is 5.82 Å². The van der Waals surface area contributed by atoms with Crippen LogP contribution in [-0.4, -0.2) is 19.9 Å². The van der Waals surface area contributed by atoms with Gasteiger partial charge in [0, 0.05) is 5.92 Å². The lowest BCUT2D eigenvalue weighted by molar-refractivity contribution is 0.339. The van der Waals surface area contributed by atoms with E-state index in [-0.39, 0.29) is 34.1 Å². The van der Waals surface area contributed by atoms with E-state index in [9.17, 15) is 12.8 Å². The van der Waals surface area contributed by atoms with E-state index in [4.69, 9.17) is 0 Å². The highest BCUT2D eigenvalue weighted by molar-refractivity contribution is 7.91. The van der Waals surface area contributed by atoms with Crippen LogP contribution < -0.4 is 0 Å². The van der Waals surface area contributed by atoms with Crippen LogP contribution >= 0.6 is 0 Å². The van der Waals surface area contributed by atoms with E-state index in [1.54, 1.807) is 12.1 Å². The molecule has 1 aromatic rings. The maximum atomic E-state index is 13.1. The molecule has 0 heterocycles. The summed E-state index contributed by atoms with van der Waals surface area (Å²) in [5.41, 5.74) is 0.837. The highest BCUT2D eigenvalue weighted by atomic mass is 32.2. The third-order valence-corrected chi connectivity index (χ3v) is 5.87. The molecule has 4 heteroatoms. The molecule has 0 aliphatic carbocycles. The molecule has 0 spiro atoms. The molecule has 132 valence electrons. The molecule has 0 aromatic heterocycles. The number of halogens is 1. The minimum Gasteiger partial charge on any atom is -0.229 e. The fourth-order valence-corrected chi connectivity index (χ4v) is 4.65. The molecule has 1 rings (SSSR count). The number of benzene rings is 1.